The van der Waals surface area contributed by atoms with E-state index in [4.69, 9.17) is 10.5 Å². The van der Waals surface area contributed by atoms with Crippen molar-refractivity contribution in [3.05, 3.63) is 53.6 Å². The molecule has 2 amide bonds. The van der Waals surface area contributed by atoms with Crippen molar-refractivity contribution in [1.82, 2.24) is 10.6 Å². The van der Waals surface area contributed by atoms with E-state index in [0.717, 1.165) is 23.1 Å². The molecule has 0 fully saturated rings. The van der Waals surface area contributed by atoms with E-state index in [1.165, 1.54) is 0 Å². The lowest BCUT2D eigenvalue weighted by molar-refractivity contribution is -0.126. The van der Waals surface area contributed by atoms with Crippen LogP contribution in [-0.2, 0) is 16.0 Å². The highest BCUT2D eigenvalue weighted by Crippen LogP contribution is 2.18. The Kier molecular flexibility index (Phi) is 11.0. The number of amides is 2. The van der Waals surface area contributed by atoms with Crippen LogP contribution < -0.4 is 16.4 Å². The van der Waals surface area contributed by atoms with Crippen LogP contribution >= 0.6 is 0 Å². The minimum Gasteiger partial charge on any atom is -0.508 e. The van der Waals surface area contributed by atoms with Crippen LogP contribution in [0.15, 0.2) is 48.1 Å². The molecule has 1 aromatic rings. The Hall–Kier alpha value is -2.80. The lowest BCUT2D eigenvalue weighted by Crippen LogP contribution is -2.58. The third-order valence-electron chi connectivity index (χ3n) is 4.80. The van der Waals surface area contributed by atoms with E-state index in [1.54, 1.807) is 31.2 Å². The predicted molar refractivity (Wildman–Crippen MR) is 128 cm³/mol. The minimum atomic E-state index is -1.23. The Balaban J connectivity index is 2.92. The van der Waals surface area contributed by atoms with Crippen molar-refractivity contribution in [3.63, 3.8) is 0 Å². The van der Waals surface area contributed by atoms with Crippen LogP contribution in [0.25, 0.3) is 0 Å². The van der Waals surface area contributed by atoms with E-state index in [0.29, 0.717) is 18.9 Å². The van der Waals surface area contributed by atoms with Crippen LogP contribution in [0, 0.1) is 5.92 Å². The molecule has 7 nitrogen and oxygen atoms in total. The van der Waals surface area contributed by atoms with E-state index in [2.05, 4.69) is 31.1 Å². The smallest absolute Gasteiger partial charge is 0.408 e. The molecule has 0 radical (unpaired) electrons. The second-order valence-electron chi connectivity index (χ2n) is 9.15. The number of nitrogens with two attached hydrogens (primary N) is 1. The highest BCUT2D eigenvalue weighted by atomic mass is 16.5. The first kappa shape index (κ1) is 27.2. The van der Waals surface area contributed by atoms with Crippen molar-refractivity contribution in [1.29, 1.82) is 0 Å². The van der Waals surface area contributed by atoms with Crippen molar-refractivity contribution in [2.75, 3.05) is 13.2 Å². The van der Waals surface area contributed by atoms with Gasteiger partial charge in [-0.05, 0) is 62.8 Å². The van der Waals surface area contributed by atoms with Gasteiger partial charge in [0.05, 0.1) is 0 Å². The first-order valence-corrected chi connectivity index (χ1v) is 11.0. The molecule has 0 saturated carbocycles. The fourth-order valence-corrected chi connectivity index (χ4v) is 3.21. The predicted octanol–water partition coefficient (Wildman–Crippen LogP) is 3.82. The summed E-state index contributed by atoms with van der Waals surface area (Å²) in [7, 11) is 0. The second-order valence-corrected chi connectivity index (χ2v) is 9.15. The molecule has 0 aromatic heterocycles. The largest absolute Gasteiger partial charge is 0.508 e. The van der Waals surface area contributed by atoms with E-state index in [1.807, 2.05) is 19.9 Å². The van der Waals surface area contributed by atoms with E-state index in [-0.39, 0.29) is 30.7 Å². The maximum atomic E-state index is 13.0. The van der Waals surface area contributed by atoms with Gasteiger partial charge in [-0.2, -0.15) is 0 Å². The average Bonchev–Trinajstić information content (AvgIpc) is 2.66. The van der Waals surface area contributed by atoms with Crippen LogP contribution in [0.2, 0.25) is 0 Å². The summed E-state index contributed by atoms with van der Waals surface area (Å²) in [6, 6.07) is 6.45. The Morgan fingerprint density at radius 1 is 1.25 bits per heavy atom. The molecule has 0 heterocycles. The maximum absolute atomic E-state index is 13.0. The summed E-state index contributed by atoms with van der Waals surface area (Å²) < 4.78 is 5.42. The monoisotopic (exact) mass is 445 g/mol. The Bertz CT molecular complexity index is 800. The number of ether oxygens (including phenoxy) is 1. The van der Waals surface area contributed by atoms with Crippen LogP contribution in [-0.4, -0.2) is 41.8 Å². The third-order valence-corrected chi connectivity index (χ3v) is 4.80. The topological polar surface area (TPSA) is 114 Å². The number of benzene rings is 1. The summed E-state index contributed by atoms with van der Waals surface area (Å²) in [4.78, 5) is 25.6. The van der Waals surface area contributed by atoms with Gasteiger partial charge in [0.2, 0.25) is 5.91 Å². The van der Waals surface area contributed by atoms with Gasteiger partial charge in [-0.15, -0.1) is 0 Å². The van der Waals surface area contributed by atoms with Gasteiger partial charge in [0.15, 0.2) is 0 Å². The minimum absolute atomic E-state index is 0.0600. The Labute approximate surface area is 192 Å². The summed E-state index contributed by atoms with van der Waals surface area (Å²) in [6.07, 6.45) is 2.80. The number of aromatic hydroxyl groups is 1. The first-order chi connectivity index (χ1) is 14.9. The van der Waals surface area contributed by atoms with Crippen molar-refractivity contribution in [3.8, 4) is 5.75 Å². The fraction of sp³-hybridized carbons (Fsp3) is 0.520. The van der Waals surface area contributed by atoms with Gasteiger partial charge >= 0.3 is 6.09 Å². The van der Waals surface area contributed by atoms with Crippen LogP contribution in [0.4, 0.5) is 4.79 Å². The maximum Gasteiger partial charge on any atom is 0.408 e. The van der Waals surface area contributed by atoms with Gasteiger partial charge in [-0.25, -0.2) is 4.79 Å². The standard InChI is InChI=1S/C25H39N3O4/c1-17(2)11-12-27-23(30)25(6,15-20-7-9-22(29)10-8-20)28-24(31)32-16-21(13-18(3)4)14-19(5)26/h7-10,13,17,19,29H,3,11-12,14-16,26H2,1-2,4-6H3,(H,27,30)(H,28,31)/b21-13+/t19?,25-/m0/s1. The number of nitrogens with one attached hydrogen (secondary N) is 2. The van der Waals surface area contributed by atoms with E-state index in [9.17, 15) is 14.7 Å². The van der Waals surface area contributed by atoms with Crippen molar-refractivity contribution in [2.45, 2.75) is 65.5 Å². The number of carbonyl (C=O) groups excluding carboxylic acids is 2. The average molecular weight is 446 g/mol. The zero-order valence-corrected chi connectivity index (χ0v) is 20.0. The van der Waals surface area contributed by atoms with E-state index < -0.39 is 11.6 Å². The normalized spacial score (nSPS) is 14.4. The summed E-state index contributed by atoms with van der Waals surface area (Å²) in [5, 5.41) is 15.2. The summed E-state index contributed by atoms with van der Waals surface area (Å²) in [6.45, 7) is 14.0. The molecule has 0 aliphatic heterocycles. The van der Waals surface area contributed by atoms with Crippen LogP contribution in [0.3, 0.4) is 0 Å². The fourth-order valence-electron chi connectivity index (χ4n) is 3.21. The Morgan fingerprint density at radius 2 is 1.88 bits per heavy atom. The molecule has 0 bridgehead atoms. The van der Waals surface area contributed by atoms with Gasteiger partial charge in [0.1, 0.15) is 17.9 Å². The quantitative estimate of drug-likeness (QED) is 0.365. The SMILES string of the molecule is C=C(C)/C=C(/COC(=O)N[C@@](C)(Cc1ccc(O)cc1)C(=O)NCCC(C)C)CC(C)N. The number of phenolic OH excluding ortho intramolecular Hbond substituents is 1. The summed E-state index contributed by atoms with van der Waals surface area (Å²) in [5.41, 5.74) is 7.14. The second kappa shape index (κ2) is 12.9. The van der Waals surface area contributed by atoms with Gasteiger partial charge in [-0.1, -0.05) is 44.2 Å². The Morgan fingerprint density at radius 3 is 2.41 bits per heavy atom. The lowest BCUT2D eigenvalue weighted by atomic mass is 9.91. The number of rotatable bonds is 12. The number of hydrogen-bond donors (Lipinski definition) is 4. The van der Waals surface area contributed by atoms with Crippen LogP contribution in [0.5, 0.6) is 5.75 Å². The lowest BCUT2D eigenvalue weighted by Gasteiger charge is -2.29. The number of phenols is 1. The number of allylic oxidation sites excluding steroid dienone is 2. The molecule has 5 N–H and O–H groups in total. The highest BCUT2D eigenvalue weighted by molar-refractivity contribution is 5.89. The molecule has 1 aromatic carbocycles. The molecule has 32 heavy (non-hydrogen) atoms. The van der Waals surface area contributed by atoms with Gasteiger partial charge in [-0.3, -0.25) is 4.79 Å². The molecule has 1 rings (SSSR count). The molecule has 0 spiro atoms. The van der Waals surface area contributed by atoms with Gasteiger partial charge in [0.25, 0.3) is 0 Å². The van der Waals surface area contributed by atoms with Crippen molar-refractivity contribution in [2.24, 2.45) is 11.7 Å². The van der Waals surface area contributed by atoms with Gasteiger partial charge in [0, 0.05) is 19.0 Å². The van der Waals surface area contributed by atoms with Crippen molar-refractivity contribution < 1.29 is 19.4 Å². The number of hydrogen-bond acceptors (Lipinski definition) is 5. The molecule has 178 valence electrons. The number of alkyl carbamates (subject to hydrolysis) is 1. The molecule has 2 atom stereocenters. The van der Waals surface area contributed by atoms with Gasteiger partial charge < -0.3 is 26.2 Å². The molecular formula is C25H39N3O4. The molecule has 0 aliphatic rings. The zero-order chi connectivity index (χ0) is 24.3. The molecular weight excluding hydrogens is 406 g/mol. The molecule has 0 saturated heterocycles. The third kappa shape index (κ3) is 10.5. The van der Waals surface area contributed by atoms with Crippen LogP contribution in [0.1, 0.15) is 53.0 Å². The molecule has 0 aliphatic carbocycles. The molecule has 7 heteroatoms. The highest BCUT2D eigenvalue weighted by Gasteiger charge is 2.35. The first-order valence-electron chi connectivity index (χ1n) is 11.0. The number of carbonyl (C=O) groups is 2. The summed E-state index contributed by atoms with van der Waals surface area (Å²) >= 11 is 0. The van der Waals surface area contributed by atoms with Crippen molar-refractivity contribution >= 4 is 12.0 Å². The summed E-state index contributed by atoms with van der Waals surface area (Å²) in [5.74, 6) is 0.284. The molecule has 1 unspecified atom stereocenters. The van der Waals surface area contributed by atoms with E-state index >= 15 is 0 Å². The zero-order valence-electron chi connectivity index (χ0n) is 20.0.